The molecule has 0 aliphatic carbocycles. The zero-order valence-corrected chi connectivity index (χ0v) is 15.5. The third-order valence-corrected chi connectivity index (χ3v) is 5.61. The van der Waals surface area contributed by atoms with Gasteiger partial charge in [-0.15, -0.1) is 21.5 Å². The van der Waals surface area contributed by atoms with Gasteiger partial charge < -0.3 is 9.47 Å². The zero-order chi connectivity index (χ0) is 19.0. The summed E-state index contributed by atoms with van der Waals surface area (Å²) in [5.41, 5.74) is 1.01. The fourth-order valence-corrected chi connectivity index (χ4v) is 4.20. The summed E-state index contributed by atoms with van der Waals surface area (Å²) in [6.07, 6.45) is 1.08. The summed E-state index contributed by atoms with van der Waals surface area (Å²) in [4.78, 5) is 15.5. The maximum absolute atomic E-state index is 14.2. The number of aryl methyl sites for hydroxylation is 1. The van der Waals surface area contributed by atoms with Gasteiger partial charge in [-0.1, -0.05) is 30.3 Å². The lowest BCUT2D eigenvalue weighted by Crippen LogP contribution is -2.33. The molecule has 1 atom stereocenters. The number of aromatic nitrogens is 3. The SMILES string of the molecule is Cc1ccc(C(=O)N2CC(F)(F)CC2c2nncn2Cc2ccccc2)s1. The lowest BCUT2D eigenvalue weighted by molar-refractivity contribution is 0.0118. The molecule has 1 aliphatic heterocycles. The molecule has 0 bridgehead atoms. The highest BCUT2D eigenvalue weighted by atomic mass is 32.1. The Morgan fingerprint density at radius 3 is 2.74 bits per heavy atom. The normalized spacial score (nSPS) is 18.8. The lowest BCUT2D eigenvalue weighted by Gasteiger charge is -2.23. The summed E-state index contributed by atoms with van der Waals surface area (Å²) in [6, 6.07) is 12.3. The summed E-state index contributed by atoms with van der Waals surface area (Å²) >= 11 is 1.31. The van der Waals surface area contributed by atoms with Crippen molar-refractivity contribution in [3.05, 3.63) is 69.9 Å². The monoisotopic (exact) mass is 388 g/mol. The first-order chi connectivity index (χ1) is 12.9. The van der Waals surface area contributed by atoms with E-state index in [1.165, 1.54) is 22.6 Å². The molecule has 5 nitrogen and oxygen atoms in total. The molecule has 1 unspecified atom stereocenters. The van der Waals surface area contributed by atoms with Gasteiger partial charge >= 0.3 is 0 Å². The first-order valence-corrected chi connectivity index (χ1v) is 9.41. The fourth-order valence-electron chi connectivity index (χ4n) is 3.38. The molecule has 0 N–H and O–H groups in total. The number of halogens is 2. The predicted molar refractivity (Wildman–Crippen MR) is 98.0 cm³/mol. The van der Waals surface area contributed by atoms with E-state index in [-0.39, 0.29) is 5.91 Å². The molecule has 1 aromatic carbocycles. The number of carbonyl (C=O) groups is 1. The highest BCUT2D eigenvalue weighted by Gasteiger charge is 2.49. The summed E-state index contributed by atoms with van der Waals surface area (Å²) in [5, 5.41) is 7.99. The van der Waals surface area contributed by atoms with Gasteiger partial charge in [0, 0.05) is 11.3 Å². The molecular weight excluding hydrogens is 370 g/mol. The van der Waals surface area contributed by atoms with Gasteiger partial charge in [0.1, 0.15) is 6.33 Å². The van der Waals surface area contributed by atoms with Gasteiger partial charge in [0.25, 0.3) is 11.8 Å². The van der Waals surface area contributed by atoms with Crippen molar-refractivity contribution in [3.8, 4) is 0 Å². The molecular formula is C19H18F2N4OS. The average molecular weight is 388 g/mol. The van der Waals surface area contributed by atoms with Crippen LogP contribution < -0.4 is 0 Å². The van der Waals surface area contributed by atoms with Crippen molar-refractivity contribution in [2.24, 2.45) is 0 Å². The van der Waals surface area contributed by atoms with Crippen LogP contribution in [0.25, 0.3) is 0 Å². The van der Waals surface area contributed by atoms with Crippen LogP contribution in [-0.2, 0) is 6.54 Å². The van der Waals surface area contributed by atoms with Crippen molar-refractivity contribution in [2.45, 2.75) is 31.9 Å². The van der Waals surface area contributed by atoms with Gasteiger partial charge in [-0.2, -0.15) is 0 Å². The Morgan fingerprint density at radius 2 is 2.04 bits per heavy atom. The Labute approximate surface area is 159 Å². The van der Waals surface area contributed by atoms with Crippen LogP contribution in [0.15, 0.2) is 48.8 Å². The minimum absolute atomic E-state index is 0.385. The molecule has 8 heteroatoms. The van der Waals surface area contributed by atoms with Gasteiger partial charge in [0.2, 0.25) is 0 Å². The molecule has 0 radical (unpaired) electrons. The number of rotatable bonds is 4. The number of thiophene rings is 1. The predicted octanol–water partition coefficient (Wildman–Crippen LogP) is 3.92. The number of benzene rings is 1. The molecule has 0 spiro atoms. The smallest absolute Gasteiger partial charge is 0.267 e. The highest BCUT2D eigenvalue weighted by Crippen LogP contribution is 2.41. The number of hydrogen-bond donors (Lipinski definition) is 0. The molecule has 140 valence electrons. The van der Waals surface area contributed by atoms with Crippen LogP contribution in [-0.4, -0.2) is 38.0 Å². The van der Waals surface area contributed by atoms with E-state index >= 15 is 0 Å². The van der Waals surface area contributed by atoms with Gasteiger partial charge in [0.15, 0.2) is 5.82 Å². The van der Waals surface area contributed by atoms with Crippen LogP contribution in [0.4, 0.5) is 8.78 Å². The zero-order valence-electron chi connectivity index (χ0n) is 14.7. The van der Waals surface area contributed by atoms with Crippen molar-refractivity contribution in [1.82, 2.24) is 19.7 Å². The Hall–Kier alpha value is -2.61. The first-order valence-electron chi connectivity index (χ1n) is 8.60. The fraction of sp³-hybridized carbons (Fsp3) is 0.316. The molecule has 1 aliphatic rings. The molecule has 27 heavy (non-hydrogen) atoms. The van der Waals surface area contributed by atoms with Crippen molar-refractivity contribution in [3.63, 3.8) is 0 Å². The number of amides is 1. The summed E-state index contributed by atoms with van der Waals surface area (Å²) in [5.74, 6) is -2.95. The van der Waals surface area contributed by atoms with E-state index < -0.39 is 24.9 Å². The largest absolute Gasteiger partial charge is 0.321 e. The lowest BCUT2D eigenvalue weighted by atomic mass is 10.1. The average Bonchev–Trinajstić information content (AvgIpc) is 3.34. The number of nitrogens with zero attached hydrogens (tertiary/aromatic N) is 4. The van der Waals surface area contributed by atoms with Crippen LogP contribution in [0.3, 0.4) is 0 Å². The molecule has 1 saturated heterocycles. The van der Waals surface area contributed by atoms with Crippen LogP contribution in [0.1, 0.15) is 38.4 Å². The number of alkyl halides is 2. The molecule has 1 amide bonds. The van der Waals surface area contributed by atoms with E-state index in [2.05, 4.69) is 10.2 Å². The summed E-state index contributed by atoms with van der Waals surface area (Å²) in [7, 11) is 0. The Morgan fingerprint density at radius 1 is 1.26 bits per heavy atom. The van der Waals surface area contributed by atoms with Crippen LogP contribution >= 0.6 is 11.3 Å². The van der Waals surface area contributed by atoms with Crippen LogP contribution in [0.2, 0.25) is 0 Å². The van der Waals surface area contributed by atoms with Gasteiger partial charge in [-0.05, 0) is 24.6 Å². The molecule has 2 aromatic heterocycles. The quantitative estimate of drug-likeness (QED) is 0.681. The van der Waals surface area contributed by atoms with E-state index in [9.17, 15) is 13.6 Å². The van der Waals surface area contributed by atoms with E-state index in [4.69, 9.17) is 0 Å². The van der Waals surface area contributed by atoms with E-state index in [0.717, 1.165) is 10.4 Å². The molecule has 1 fully saturated rings. The molecule has 0 saturated carbocycles. The van der Waals surface area contributed by atoms with Gasteiger partial charge in [-0.25, -0.2) is 8.78 Å². The summed E-state index contributed by atoms with van der Waals surface area (Å²) < 4.78 is 30.2. The standard InChI is InChI=1S/C19H18F2N4OS/c1-13-7-8-16(27-13)18(26)25-11-19(20,21)9-15(25)17-23-22-12-24(17)10-14-5-3-2-4-6-14/h2-8,12,15H,9-11H2,1H3. The third kappa shape index (κ3) is 3.62. The minimum Gasteiger partial charge on any atom is -0.321 e. The maximum Gasteiger partial charge on any atom is 0.267 e. The second-order valence-electron chi connectivity index (χ2n) is 6.72. The Balaban J connectivity index is 1.65. The summed E-state index contributed by atoms with van der Waals surface area (Å²) in [6.45, 7) is 1.74. The highest BCUT2D eigenvalue weighted by molar-refractivity contribution is 7.13. The molecule has 4 rings (SSSR count). The third-order valence-electron chi connectivity index (χ3n) is 4.62. The van der Waals surface area contributed by atoms with Crippen molar-refractivity contribution < 1.29 is 13.6 Å². The van der Waals surface area contributed by atoms with Crippen LogP contribution in [0.5, 0.6) is 0 Å². The van der Waals surface area contributed by atoms with Crippen molar-refractivity contribution >= 4 is 17.2 Å². The maximum atomic E-state index is 14.2. The van der Waals surface area contributed by atoms with Crippen molar-refractivity contribution in [1.29, 1.82) is 0 Å². The number of hydrogen-bond acceptors (Lipinski definition) is 4. The Bertz CT molecular complexity index is 954. The van der Waals surface area contributed by atoms with Gasteiger partial charge in [0.05, 0.1) is 24.0 Å². The van der Waals surface area contributed by atoms with Crippen LogP contribution in [0, 0.1) is 6.92 Å². The molecule has 3 heterocycles. The van der Waals surface area contributed by atoms with E-state index in [1.54, 1.807) is 10.6 Å². The first kappa shape index (κ1) is 17.8. The topological polar surface area (TPSA) is 51.0 Å². The van der Waals surface area contributed by atoms with Crippen molar-refractivity contribution in [2.75, 3.05) is 6.54 Å². The second-order valence-corrected chi connectivity index (χ2v) is 8.01. The van der Waals surface area contributed by atoms with Gasteiger partial charge in [-0.3, -0.25) is 4.79 Å². The second kappa shape index (κ2) is 6.84. The van der Waals surface area contributed by atoms with E-state index in [1.807, 2.05) is 43.3 Å². The minimum atomic E-state index is -2.95. The molecule has 3 aromatic rings. The van der Waals surface area contributed by atoms with E-state index in [0.29, 0.717) is 17.2 Å². The Kier molecular flexibility index (Phi) is 4.51. The number of likely N-dealkylation sites (tertiary alicyclic amines) is 1. The number of carbonyl (C=O) groups excluding carboxylic acids is 1.